The van der Waals surface area contributed by atoms with Crippen molar-refractivity contribution in [3.05, 3.63) is 42.1 Å². The van der Waals surface area contributed by atoms with Crippen molar-refractivity contribution in [3.8, 4) is 11.6 Å². The van der Waals surface area contributed by atoms with Crippen molar-refractivity contribution in [2.75, 3.05) is 33.5 Å². The van der Waals surface area contributed by atoms with Crippen LogP contribution in [0.4, 0.5) is 35.5 Å². The van der Waals surface area contributed by atoms with Crippen LogP contribution in [0.15, 0.2) is 36.4 Å². The number of allylic oxidation sites excluding steroid dienone is 1. The lowest BCUT2D eigenvalue weighted by Crippen LogP contribution is -2.60. The number of pyridine rings is 1. The van der Waals surface area contributed by atoms with Gasteiger partial charge in [-0.25, -0.2) is 22.6 Å². The largest absolute Gasteiger partial charge is 0.497 e. The van der Waals surface area contributed by atoms with Gasteiger partial charge < -0.3 is 34.5 Å². The molecule has 15 nitrogen and oxygen atoms in total. The Labute approximate surface area is 369 Å². The molecule has 2 aromatic rings. The third-order valence-corrected chi connectivity index (χ3v) is 15.2. The van der Waals surface area contributed by atoms with Crippen LogP contribution in [0.5, 0.6) is 11.6 Å². The van der Waals surface area contributed by atoms with Gasteiger partial charge in [-0.3, -0.25) is 19.1 Å². The number of aromatic nitrogens is 1. The van der Waals surface area contributed by atoms with Crippen molar-refractivity contribution < 1.29 is 77.3 Å². The molecule has 5 aliphatic rings. The zero-order chi connectivity index (χ0) is 47.3. The first kappa shape index (κ1) is 48.0. The molecule has 2 unspecified atom stereocenters. The van der Waals surface area contributed by atoms with Crippen molar-refractivity contribution in [1.82, 2.24) is 25.2 Å². The van der Waals surface area contributed by atoms with Gasteiger partial charge in [-0.05, 0) is 86.4 Å². The van der Waals surface area contributed by atoms with E-state index < -0.39 is 136 Å². The Kier molecular flexibility index (Phi) is 13.1. The van der Waals surface area contributed by atoms with Crippen LogP contribution in [0.25, 0.3) is 10.8 Å². The summed E-state index contributed by atoms with van der Waals surface area (Å²) in [5.41, 5.74) is -6.28. The van der Waals surface area contributed by atoms with Crippen LogP contribution >= 0.6 is 0 Å². The number of halogens is 7. The second kappa shape index (κ2) is 17.7. The number of alkyl halides is 7. The van der Waals surface area contributed by atoms with Crippen LogP contribution in [0.3, 0.4) is 0 Å². The Balaban J connectivity index is 1.26. The summed E-state index contributed by atoms with van der Waals surface area (Å²) in [6.45, 7) is 0.613. The second-order valence-corrected chi connectivity index (χ2v) is 20.0. The second-order valence-electron chi connectivity index (χ2n) is 17.9. The first-order valence-electron chi connectivity index (χ1n) is 21.3. The number of nitrogens with one attached hydrogen (secondary N) is 3. The minimum absolute atomic E-state index is 0.00636. The normalized spacial score (nSPS) is 31.3. The maximum Gasteiger partial charge on any atom is 0.433 e. The van der Waals surface area contributed by atoms with Gasteiger partial charge in [0.1, 0.15) is 46.6 Å². The van der Waals surface area contributed by atoms with Gasteiger partial charge in [0.15, 0.2) is 0 Å². The minimum atomic E-state index is -5.06. The lowest BCUT2D eigenvalue weighted by atomic mass is 9.88. The maximum atomic E-state index is 14.9. The zero-order valence-electron chi connectivity index (χ0n) is 35.7. The van der Waals surface area contributed by atoms with Crippen LogP contribution in [0.1, 0.15) is 77.3 Å². The summed E-state index contributed by atoms with van der Waals surface area (Å²) < 4.78 is 148. The molecule has 1 aromatic carbocycles. The molecule has 2 saturated carbocycles. The first-order chi connectivity index (χ1) is 30.5. The van der Waals surface area contributed by atoms with Crippen LogP contribution < -0.4 is 24.8 Å². The van der Waals surface area contributed by atoms with Crippen molar-refractivity contribution >= 4 is 44.6 Å². The van der Waals surface area contributed by atoms with Crippen LogP contribution in [0.2, 0.25) is 0 Å². The van der Waals surface area contributed by atoms with E-state index in [-0.39, 0.29) is 61.2 Å². The van der Waals surface area contributed by atoms with Crippen LogP contribution in [-0.2, 0) is 40.1 Å². The molecule has 2 saturated heterocycles. The lowest BCUT2D eigenvalue weighted by molar-refractivity contribution is -0.285. The highest BCUT2D eigenvalue weighted by Gasteiger charge is 2.64. The molecule has 1 aromatic heterocycles. The fourth-order valence-corrected chi connectivity index (χ4v) is 10.4. The van der Waals surface area contributed by atoms with E-state index in [1.807, 2.05) is 11.6 Å². The highest BCUT2D eigenvalue weighted by molar-refractivity contribution is 7.91. The summed E-state index contributed by atoms with van der Waals surface area (Å²) in [6, 6.07) is 1.67. The first-order valence-corrected chi connectivity index (χ1v) is 22.7. The molecule has 4 amide bonds. The number of carbonyl (C=O) groups is 4. The van der Waals surface area contributed by atoms with E-state index in [0.717, 1.165) is 11.0 Å². The fraction of sp³-hybridized carbons (Fsp3) is 0.643. The Morgan fingerprint density at radius 2 is 1.80 bits per heavy atom. The number of sulfonamides is 1. The van der Waals surface area contributed by atoms with Crippen LogP contribution in [-0.4, -0.2) is 116 Å². The lowest BCUT2D eigenvalue weighted by Gasteiger charge is -2.38. The zero-order valence-corrected chi connectivity index (χ0v) is 36.5. The van der Waals surface area contributed by atoms with E-state index >= 15 is 0 Å². The van der Waals surface area contributed by atoms with Gasteiger partial charge in [0.05, 0.1) is 20.3 Å². The third kappa shape index (κ3) is 9.67. The Bertz CT molecular complexity index is 2320. The number of methoxy groups -OCH3 is 1. The predicted molar refractivity (Wildman–Crippen MR) is 215 cm³/mol. The molecule has 4 heterocycles. The summed E-state index contributed by atoms with van der Waals surface area (Å²) in [5.74, 6) is -5.26. The van der Waals surface area contributed by atoms with Crippen molar-refractivity contribution in [2.24, 2.45) is 17.8 Å². The molecule has 8 atom stereocenters. The molecule has 3 N–H and O–H groups in total. The molecule has 2 aliphatic carbocycles. The summed E-state index contributed by atoms with van der Waals surface area (Å²) in [7, 11) is -3.25. The molecule has 7 rings (SSSR count). The molecular formula is C42H50F7N5O10S. The summed E-state index contributed by atoms with van der Waals surface area (Å²) in [4.78, 5) is 61.7. The fourth-order valence-electron chi connectivity index (χ4n) is 8.94. The Morgan fingerprint density at radius 1 is 1.06 bits per heavy atom. The number of fused-ring (bicyclic) bond motifs is 3. The third-order valence-electron chi connectivity index (χ3n) is 13.1. The van der Waals surface area contributed by atoms with Gasteiger partial charge in [0.2, 0.25) is 33.3 Å². The van der Waals surface area contributed by atoms with Gasteiger partial charge in [0, 0.05) is 30.8 Å². The van der Waals surface area contributed by atoms with E-state index in [4.69, 9.17) is 18.9 Å². The number of rotatable bonds is 9. The van der Waals surface area contributed by atoms with Crippen LogP contribution in [0, 0.1) is 17.8 Å². The number of hydrogen-bond acceptors (Lipinski definition) is 11. The van der Waals surface area contributed by atoms with Gasteiger partial charge in [-0.15, -0.1) is 0 Å². The summed E-state index contributed by atoms with van der Waals surface area (Å²) >= 11 is 0. The molecule has 65 heavy (non-hydrogen) atoms. The number of ether oxygens (including phenoxy) is 4. The molecular weight excluding hydrogens is 900 g/mol. The topological polar surface area (TPSA) is 192 Å². The number of carbonyl (C=O) groups excluding carboxylic acids is 4. The van der Waals surface area contributed by atoms with Gasteiger partial charge in [-0.1, -0.05) is 26.0 Å². The predicted octanol–water partition coefficient (Wildman–Crippen LogP) is 5.65. The Morgan fingerprint density at radius 3 is 2.43 bits per heavy atom. The summed E-state index contributed by atoms with van der Waals surface area (Å²) in [5, 5.41) is 5.04. The van der Waals surface area contributed by atoms with E-state index in [1.165, 1.54) is 25.3 Å². The molecule has 0 radical (unpaired) electrons. The number of alkyl carbamates (subject to hydrolysis) is 1. The number of amides is 4. The van der Waals surface area contributed by atoms with Crippen molar-refractivity contribution in [2.45, 2.75) is 118 Å². The Hall–Kier alpha value is -4.93. The molecule has 0 spiro atoms. The van der Waals surface area contributed by atoms with Gasteiger partial charge >= 0.3 is 18.4 Å². The number of benzene rings is 1. The molecule has 4 fully saturated rings. The van der Waals surface area contributed by atoms with Gasteiger partial charge in [0.25, 0.3) is 5.91 Å². The van der Waals surface area contributed by atoms with E-state index in [1.54, 1.807) is 19.1 Å². The highest BCUT2D eigenvalue weighted by Crippen LogP contribution is 2.48. The average molecular weight is 950 g/mol. The SMILES string of the molecule is COc1ccc2c(O[C@@H]3C[C@H]4C(=O)N[C@]5(C(=O)NS(=O)(=O)C6(CF)CC6)CC5/C=C\CC[C@H](C)C[C@@H](C)[C@H](NC(=O)OC5(C(F)(F)F)CCCOC5)C(=O)N4C3)nc(C(F)(F)F)cc2c1. The van der Waals surface area contributed by atoms with E-state index in [2.05, 4.69) is 15.6 Å². The standard InChI is InChI=1S/C42H50F7N5O10S/c1-23-7-4-5-8-26-19-40(26,36(57)53-65(59,60)38(21-43)12-13-38)52-33(55)30-18-28(63-34-29-10-9-27(61-3)16-25(29)17-31(50-34)41(44,45)46)20-54(30)35(56)32(24(2)15-23)51-37(58)64-39(42(47,48)49)11-6-14-62-22-39/h5,8-10,16-17,23-24,26,28,30,32H,4,6-7,11-15,18-22H2,1-3H3,(H,51,58)(H,52,55)(H,53,57)/b8-5-/t23-,24+,26?,28+,30-,32-,39?,40+/m0/s1. The minimum Gasteiger partial charge on any atom is -0.497 e. The smallest absolute Gasteiger partial charge is 0.433 e. The number of nitrogens with zero attached hydrogens (tertiary/aromatic N) is 2. The summed E-state index contributed by atoms with van der Waals surface area (Å²) in [6.07, 6.45) is -9.76. The highest BCUT2D eigenvalue weighted by atomic mass is 32.2. The maximum absolute atomic E-state index is 14.9. The van der Waals surface area contributed by atoms with E-state index in [9.17, 15) is 58.3 Å². The van der Waals surface area contributed by atoms with Crippen molar-refractivity contribution in [1.29, 1.82) is 0 Å². The molecule has 3 aliphatic heterocycles. The molecule has 358 valence electrons. The van der Waals surface area contributed by atoms with Crippen molar-refractivity contribution in [3.63, 3.8) is 0 Å². The van der Waals surface area contributed by atoms with E-state index in [0.29, 0.717) is 12.8 Å². The quantitative estimate of drug-likeness (QED) is 0.208. The molecule has 0 bridgehead atoms. The monoisotopic (exact) mass is 949 g/mol. The number of hydrogen-bond donors (Lipinski definition) is 3. The van der Waals surface area contributed by atoms with Gasteiger partial charge in [-0.2, -0.15) is 26.3 Å². The molecule has 23 heteroatoms. The average Bonchev–Trinajstić information content (AvgIpc) is 4.15.